The van der Waals surface area contributed by atoms with E-state index in [9.17, 15) is 19.8 Å². The van der Waals surface area contributed by atoms with Gasteiger partial charge in [0, 0.05) is 24.8 Å². The van der Waals surface area contributed by atoms with E-state index < -0.39 is 18.0 Å². The number of carboxylic acids is 1. The molecule has 2 N–H and O–H groups in total. The van der Waals surface area contributed by atoms with E-state index in [0.29, 0.717) is 23.6 Å². The normalized spacial score (nSPS) is 20.3. The number of amides is 1. The Labute approximate surface area is 145 Å². The van der Waals surface area contributed by atoms with Crippen LogP contribution < -0.4 is 0 Å². The minimum absolute atomic E-state index is 0.0303. The number of aliphatic hydroxyl groups is 1. The summed E-state index contributed by atoms with van der Waals surface area (Å²) < 4.78 is 0. The molecule has 2 heterocycles. The number of aromatic nitrogens is 2. The number of benzene rings is 1. The molecule has 0 unspecified atom stereocenters. The number of hydrogen-bond acceptors (Lipinski definition) is 5. The molecule has 25 heavy (non-hydrogen) atoms. The Morgan fingerprint density at radius 1 is 1.24 bits per heavy atom. The third-order valence-corrected chi connectivity index (χ3v) is 4.37. The molecule has 0 saturated carbocycles. The van der Waals surface area contributed by atoms with Crippen LogP contribution in [0.4, 0.5) is 0 Å². The summed E-state index contributed by atoms with van der Waals surface area (Å²) in [5.41, 5.74) is 1.65. The molecule has 1 saturated heterocycles. The number of carbonyl (C=O) groups excluding carboxylic acids is 1. The molecule has 7 heteroatoms. The summed E-state index contributed by atoms with van der Waals surface area (Å²) in [6, 6.07) is 9.32. The van der Waals surface area contributed by atoms with Gasteiger partial charge in [0.25, 0.3) is 5.91 Å². The summed E-state index contributed by atoms with van der Waals surface area (Å²) in [7, 11) is 0. The zero-order chi connectivity index (χ0) is 18.0. The predicted molar refractivity (Wildman–Crippen MR) is 89.9 cm³/mol. The maximum absolute atomic E-state index is 13.0. The quantitative estimate of drug-likeness (QED) is 0.874. The molecule has 1 aliphatic rings. The zero-order valence-corrected chi connectivity index (χ0v) is 13.8. The van der Waals surface area contributed by atoms with Gasteiger partial charge in [-0.05, 0) is 13.3 Å². The number of aryl methyl sites for hydroxylation is 1. The highest BCUT2D eigenvalue weighted by molar-refractivity contribution is 5.99. The molecular weight excluding hydrogens is 322 g/mol. The third-order valence-electron chi connectivity index (χ3n) is 4.37. The van der Waals surface area contributed by atoms with Crippen molar-refractivity contribution in [3.63, 3.8) is 0 Å². The Balaban J connectivity index is 1.94. The molecule has 0 aliphatic carbocycles. The highest BCUT2D eigenvalue weighted by Gasteiger charge is 2.36. The number of likely N-dealkylation sites (tertiary alicyclic amines) is 1. The van der Waals surface area contributed by atoms with Crippen LogP contribution in [0.3, 0.4) is 0 Å². The molecule has 2 atom stereocenters. The number of hydrogen-bond donors (Lipinski definition) is 2. The molecule has 1 fully saturated rings. The topological polar surface area (TPSA) is 104 Å². The van der Waals surface area contributed by atoms with Gasteiger partial charge < -0.3 is 15.1 Å². The zero-order valence-electron chi connectivity index (χ0n) is 13.8. The summed E-state index contributed by atoms with van der Waals surface area (Å²) in [5.74, 6) is -1.86. The molecule has 1 amide bonds. The van der Waals surface area contributed by atoms with E-state index in [1.54, 1.807) is 6.92 Å². The fourth-order valence-electron chi connectivity index (χ4n) is 2.98. The molecule has 1 aromatic heterocycles. The van der Waals surface area contributed by atoms with E-state index in [4.69, 9.17) is 0 Å². The maximum atomic E-state index is 13.0. The molecule has 2 aromatic rings. The third kappa shape index (κ3) is 3.51. The molecule has 3 rings (SSSR count). The molecular formula is C18H19N3O4. The Morgan fingerprint density at radius 2 is 1.96 bits per heavy atom. The number of rotatable bonds is 3. The smallest absolute Gasteiger partial charge is 0.310 e. The minimum Gasteiger partial charge on any atom is -0.481 e. The first kappa shape index (κ1) is 17.0. The van der Waals surface area contributed by atoms with Crippen molar-refractivity contribution in [2.75, 3.05) is 13.1 Å². The Morgan fingerprint density at radius 3 is 2.64 bits per heavy atom. The van der Waals surface area contributed by atoms with Crippen molar-refractivity contribution in [2.24, 2.45) is 5.92 Å². The number of carboxylic acid groups (broad SMARTS) is 1. The fourth-order valence-corrected chi connectivity index (χ4v) is 2.98. The highest BCUT2D eigenvalue weighted by Crippen LogP contribution is 2.25. The van der Waals surface area contributed by atoms with Crippen LogP contribution in [-0.2, 0) is 4.79 Å². The molecule has 0 bridgehead atoms. The van der Waals surface area contributed by atoms with Gasteiger partial charge in [0.15, 0.2) is 0 Å². The lowest BCUT2D eigenvalue weighted by atomic mass is 9.94. The van der Waals surface area contributed by atoms with Crippen LogP contribution in [0.2, 0.25) is 0 Å². The average molecular weight is 341 g/mol. The Bertz CT molecular complexity index is 794. The van der Waals surface area contributed by atoms with E-state index >= 15 is 0 Å². The summed E-state index contributed by atoms with van der Waals surface area (Å²) in [4.78, 5) is 34.2. The lowest BCUT2D eigenvalue weighted by Gasteiger charge is -2.34. The number of piperidine rings is 1. The van der Waals surface area contributed by atoms with Crippen LogP contribution in [-0.4, -0.2) is 56.2 Å². The first-order valence-corrected chi connectivity index (χ1v) is 8.06. The second-order valence-electron chi connectivity index (χ2n) is 6.10. The molecule has 0 spiro atoms. The Kier molecular flexibility index (Phi) is 4.76. The van der Waals surface area contributed by atoms with E-state index in [-0.39, 0.29) is 18.9 Å². The predicted octanol–water partition coefficient (Wildman–Crippen LogP) is 1.36. The molecule has 1 aliphatic heterocycles. The van der Waals surface area contributed by atoms with E-state index in [1.165, 1.54) is 11.1 Å². The van der Waals surface area contributed by atoms with Crippen LogP contribution in [0.1, 0.15) is 22.6 Å². The molecule has 0 radical (unpaired) electrons. The first-order valence-electron chi connectivity index (χ1n) is 8.06. The lowest BCUT2D eigenvalue weighted by molar-refractivity contribution is -0.148. The van der Waals surface area contributed by atoms with Crippen molar-refractivity contribution < 1.29 is 19.8 Å². The summed E-state index contributed by atoms with van der Waals surface area (Å²) in [5, 5.41) is 19.1. The molecule has 7 nitrogen and oxygen atoms in total. The van der Waals surface area contributed by atoms with Gasteiger partial charge in [-0.3, -0.25) is 9.59 Å². The van der Waals surface area contributed by atoms with Gasteiger partial charge in [-0.15, -0.1) is 0 Å². The second kappa shape index (κ2) is 6.98. The van der Waals surface area contributed by atoms with E-state index in [0.717, 1.165) is 5.56 Å². The van der Waals surface area contributed by atoms with Crippen LogP contribution in [0.15, 0.2) is 36.5 Å². The van der Waals surface area contributed by atoms with Crippen molar-refractivity contribution in [2.45, 2.75) is 19.4 Å². The average Bonchev–Trinajstić information content (AvgIpc) is 2.62. The van der Waals surface area contributed by atoms with Gasteiger partial charge in [0.05, 0.1) is 17.4 Å². The van der Waals surface area contributed by atoms with Crippen molar-refractivity contribution in [3.05, 3.63) is 47.9 Å². The summed E-state index contributed by atoms with van der Waals surface area (Å²) >= 11 is 0. The van der Waals surface area contributed by atoms with E-state index in [1.807, 2.05) is 30.3 Å². The van der Waals surface area contributed by atoms with Gasteiger partial charge in [-0.1, -0.05) is 30.3 Å². The van der Waals surface area contributed by atoms with Gasteiger partial charge in [0.2, 0.25) is 0 Å². The van der Waals surface area contributed by atoms with Crippen molar-refractivity contribution >= 4 is 11.9 Å². The standard InChI is InChI=1S/C18H19N3O4/c1-11-19-9-13(16(20-11)12-5-3-2-4-6-12)17(23)21-8-7-15(22)14(10-21)18(24)25/h2-6,9,14-15,22H,7-8,10H2,1H3,(H,24,25)/t14-,15+/m1/s1. The molecule has 1 aromatic carbocycles. The largest absolute Gasteiger partial charge is 0.481 e. The van der Waals surface area contributed by atoms with Gasteiger partial charge >= 0.3 is 5.97 Å². The molecule has 130 valence electrons. The monoisotopic (exact) mass is 341 g/mol. The highest BCUT2D eigenvalue weighted by atomic mass is 16.4. The first-order chi connectivity index (χ1) is 12.0. The van der Waals surface area contributed by atoms with E-state index in [2.05, 4.69) is 9.97 Å². The SMILES string of the molecule is Cc1ncc(C(=O)N2CC[C@H](O)[C@H](C(=O)O)C2)c(-c2ccccc2)n1. The van der Waals surface area contributed by atoms with Crippen molar-refractivity contribution in [1.29, 1.82) is 0 Å². The van der Waals surface area contributed by atoms with Crippen molar-refractivity contribution in [3.8, 4) is 11.3 Å². The fraction of sp³-hybridized carbons (Fsp3) is 0.333. The minimum atomic E-state index is -1.10. The number of nitrogens with zero attached hydrogens (tertiary/aromatic N) is 3. The lowest BCUT2D eigenvalue weighted by Crippen LogP contribution is -2.48. The maximum Gasteiger partial charge on any atom is 0.310 e. The van der Waals surface area contributed by atoms with Gasteiger partial charge in [-0.25, -0.2) is 9.97 Å². The van der Waals surface area contributed by atoms with Crippen LogP contribution in [0.5, 0.6) is 0 Å². The van der Waals surface area contributed by atoms with Gasteiger partial charge in [-0.2, -0.15) is 0 Å². The van der Waals surface area contributed by atoms with Crippen molar-refractivity contribution in [1.82, 2.24) is 14.9 Å². The summed E-state index contributed by atoms with van der Waals surface area (Å²) in [6.07, 6.45) is 0.772. The van der Waals surface area contributed by atoms with Crippen LogP contribution in [0.25, 0.3) is 11.3 Å². The second-order valence-corrected chi connectivity index (χ2v) is 6.10. The summed E-state index contributed by atoms with van der Waals surface area (Å²) in [6.45, 7) is 2.02. The van der Waals surface area contributed by atoms with Crippen LogP contribution >= 0.6 is 0 Å². The van der Waals surface area contributed by atoms with Crippen LogP contribution in [0, 0.1) is 12.8 Å². The number of carbonyl (C=O) groups is 2. The van der Waals surface area contributed by atoms with Gasteiger partial charge in [0.1, 0.15) is 11.7 Å². The number of aliphatic hydroxyl groups excluding tert-OH is 1. The number of aliphatic carboxylic acids is 1. The Hall–Kier alpha value is -2.80.